The van der Waals surface area contributed by atoms with Gasteiger partial charge in [-0.2, -0.15) is 0 Å². The van der Waals surface area contributed by atoms with Crippen molar-refractivity contribution in [2.24, 2.45) is 0 Å². The van der Waals surface area contributed by atoms with Crippen molar-refractivity contribution in [2.75, 3.05) is 5.73 Å². The maximum atomic E-state index is 13.7. The van der Waals surface area contributed by atoms with Gasteiger partial charge in [0, 0.05) is 17.8 Å². The maximum Gasteiger partial charge on any atom is 0.337 e. The van der Waals surface area contributed by atoms with Crippen molar-refractivity contribution in [3.8, 4) is 11.5 Å². The molecule has 2 aromatic carbocycles. The Morgan fingerprint density at radius 3 is 2.47 bits per heavy atom. The van der Waals surface area contributed by atoms with Gasteiger partial charge in [-0.15, -0.1) is 0 Å². The van der Waals surface area contributed by atoms with Crippen LogP contribution in [0.2, 0.25) is 0 Å². The molecule has 0 atom stereocenters. The second kappa shape index (κ2) is 4.97. The van der Waals surface area contributed by atoms with Crippen LogP contribution in [-0.4, -0.2) is 11.1 Å². The molecule has 2 aromatic rings. The monoisotopic (exact) mass is 261 g/mol. The lowest BCUT2D eigenvalue weighted by Crippen LogP contribution is -2.04. The molecule has 19 heavy (non-hydrogen) atoms. The van der Waals surface area contributed by atoms with Crippen molar-refractivity contribution < 1.29 is 19.0 Å². The molecule has 0 aromatic heterocycles. The summed E-state index contributed by atoms with van der Waals surface area (Å²) in [5, 5.41) is 8.93. The highest BCUT2D eigenvalue weighted by Gasteiger charge is 2.14. The molecule has 0 spiro atoms. The summed E-state index contributed by atoms with van der Waals surface area (Å²) in [4.78, 5) is 10.9. The number of nitrogen functional groups attached to an aromatic ring is 1. The van der Waals surface area contributed by atoms with E-state index in [0.717, 1.165) is 17.7 Å². The van der Waals surface area contributed by atoms with Crippen LogP contribution in [0.3, 0.4) is 0 Å². The maximum absolute atomic E-state index is 13.7. The van der Waals surface area contributed by atoms with Crippen molar-refractivity contribution in [2.45, 2.75) is 6.92 Å². The first kappa shape index (κ1) is 12.9. The fourth-order valence-corrected chi connectivity index (χ4v) is 1.57. The van der Waals surface area contributed by atoms with E-state index in [1.807, 2.05) is 19.1 Å². The average Bonchev–Trinajstić information content (AvgIpc) is 2.34. The zero-order chi connectivity index (χ0) is 14.0. The number of carbonyl (C=O) groups is 1. The third-order valence-electron chi connectivity index (χ3n) is 2.58. The number of nitrogens with two attached hydrogens (primary N) is 1. The molecule has 98 valence electrons. The van der Waals surface area contributed by atoms with Crippen molar-refractivity contribution >= 4 is 11.7 Å². The summed E-state index contributed by atoms with van der Waals surface area (Å²) in [7, 11) is 0. The quantitative estimate of drug-likeness (QED) is 0.832. The van der Waals surface area contributed by atoms with Crippen molar-refractivity contribution in [3.05, 3.63) is 53.3 Å². The first-order valence-electron chi connectivity index (χ1n) is 5.54. The van der Waals surface area contributed by atoms with Gasteiger partial charge in [-0.05, 0) is 19.1 Å². The van der Waals surface area contributed by atoms with E-state index in [0.29, 0.717) is 5.75 Å². The van der Waals surface area contributed by atoms with Crippen LogP contribution in [0.4, 0.5) is 10.1 Å². The second-order valence-electron chi connectivity index (χ2n) is 4.09. The molecular formula is C14H12FNO3. The third-order valence-corrected chi connectivity index (χ3v) is 2.58. The van der Waals surface area contributed by atoms with E-state index in [4.69, 9.17) is 15.6 Å². The van der Waals surface area contributed by atoms with Crippen LogP contribution in [0.15, 0.2) is 36.4 Å². The molecule has 2 rings (SSSR count). The standard InChI is InChI=1S/C14H12FNO3/c1-8-2-4-9(5-3-8)19-13-6-10(14(17)18)12(16)7-11(13)15/h2-7H,16H2,1H3,(H,17,18). The highest BCUT2D eigenvalue weighted by atomic mass is 19.1. The highest BCUT2D eigenvalue weighted by Crippen LogP contribution is 2.28. The van der Waals surface area contributed by atoms with Crippen LogP contribution < -0.4 is 10.5 Å². The fraction of sp³-hybridized carbons (Fsp3) is 0.0714. The summed E-state index contributed by atoms with van der Waals surface area (Å²) in [6, 6.07) is 8.97. The minimum absolute atomic E-state index is 0.138. The minimum Gasteiger partial charge on any atom is -0.478 e. The molecule has 0 aliphatic heterocycles. The van der Waals surface area contributed by atoms with Crippen LogP contribution in [0.1, 0.15) is 15.9 Å². The molecular weight excluding hydrogens is 249 g/mol. The number of anilines is 1. The SMILES string of the molecule is Cc1ccc(Oc2cc(C(=O)O)c(N)cc2F)cc1. The molecule has 0 aliphatic rings. The van der Waals surface area contributed by atoms with Crippen LogP contribution in [0, 0.1) is 12.7 Å². The normalized spacial score (nSPS) is 10.2. The van der Waals surface area contributed by atoms with E-state index in [-0.39, 0.29) is 17.0 Å². The number of carboxylic acids is 1. The molecule has 0 amide bonds. The Morgan fingerprint density at radius 2 is 1.89 bits per heavy atom. The lowest BCUT2D eigenvalue weighted by molar-refractivity contribution is 0.0697. The third kappa shape index (κ3) is 2.82. The Bertz CT molecular complexity index is 623. The first-order chi connectivity index (χ1) is 8.97. The van der Waals surface area contributed by atoms with Crippen molar-refractivity contribution in [1.29, 1.82) is 0 Å². The van der Waals surface area contributed by atoms with Gasteiger partial charge < -0.3 is 15.6 Å². The predicted octanol–water partition coefficient (Wildman–Crippen LogP) is 3.21. The number of benzene rings is 2. The molecule has 0 heterocycles. The molecule has 3 N–H and O–H groups in total. The Balaban J connectivity index is 2.37. The number of aryl methyl sites for hydroxylation is 1. The number of hydrogen-bond acceptors (Lipinski definition) is 3. The van der Waals surface area contributed by atoms with Gasteiger partial charge in [-0.25, -0.2) is 9.18 Å². The number of halogens is 1. The van der Waals surface area contributed by atoms with Crippen LogP contribution >= 0.6 is 0 Å². The number of rotatable bonds is 3. The first-order valence-corrected chi connectivity index (χ1v) is 5.54. The molecule has 0 fully saturated rings. The summed E-state index contributed by atoms with van der Waals surface area (Å²) >= 11 is 0. The summed E-state index contributed by atoms with van der Waals surface area (Å²) in [6.45, 7) is 1.91. The highest BCUT2D eigenvalue weighted by molar-refractivity contribution is 5.94. The largest absolute Gasteiger partial charge is 0.478 e. The van der Waals surface area contributed by atoms with E-state index < -0.39 is 11.8 Å². The second-order valence-corrected chi connectivity index (χ2v) is 4.09. The Kier molecular flexibility index (Phi) is 3.37. The zero-order valence-electron chi connectivity index (χ0n) is 10.2. The van der Waals surface area contributed by atoms with Gasteiger partial charge in [-0.1, -0.05) is 17.7 Å². The molecule has 0 unspecified atom stereocenters. The van der Waals surface area contributed by atoms with Crippen LogP contribution in [-0.2, 0) is 0 Å². The summed E-state index contributed by atoms with van der Waals surface area (Å²) in [5.74, 6) is -1.68. The van der Waals surface area contributed by atoms with Crippen LogP contribution in [0.5, 0.6) is 11.5 Å². The van der Waals surface area contributed by atoms with E-state index in [1.165, 1.54) is 0 Å². The van der Waals surface area contributed by atoms with Gasteiger partial charge in [-0.3, -0.25) is 0 Å². The van der Waals surface area contributed by atoms with Gasteiger partial charge in [0.2, 0.25) is 0 Å². The van der Waals surface area contributed by atoms with Gasteiger partial charge in [0.1, 0.15) is 5.75 Å². The lowest BCUT2D eigenvalue weighted by Gasteiger charge is -2.09. The molecule has 0 aliphatic carbocycles. The van der Waals surface area contributed by atoms with Gasteiger partial charge in [0.05, 0.1) is 5.56 Å². The lowest BCUT2D eigenvalue weighted by atomic mass is 10.1. The van der Waals surface area contributed by atoms with Gasteiger partial charge in [0.15, 0.2) is 11.6 Å². The Morgan fingerprint density at radius 1 is 1.26 bits per heavy atom. The topological polar surface area (TPSA) is 72.5 Å². The predicted molar refractivity (Wildman–Crippen MR) is 69.0 cm³/mol. The van der Waals surface area contributed by atoms with Gasteiger partial charge >= 0.3 is 5.97 Å². The number of ether oxygens (including phenoxy) is 1. The van der Waals surface area contributed by atoms with Gasteiger partial charge in [0.25, 0.3) is 0 Å². The van der Waals surface area contributed by atoms with Crippen molar-refractivity contribution in [1.82, 2.24) is 0 Å². The zero-order valence-corrected chi connectivity index (χ0v) is 10.2. The molecule has 0 saturated heterocycles. The molecule has 0 bridgehead atoms. The summed E-state index contributed by atoms with van der Waals surface area (Å²) in [6.07, 6.45) is 0. The smallest absolute Gasteiger partial charge is 0.337 e. The molecule has 0 saturated carbocycles. The minimum atomic E-state index is -1.23. The van der Waals surface area contributed by atoms with E-state index in [2.05, 4.69) is 0 Å². The molecule has 4 nitrogen and oxygen atoms in total. The molecule has 5 heteroatoms. The number of aromatic carboxylic acids is 1. The Hall–Kier alpha value is -2.56. The Labute approximate surface area is 109 Å². The molecule has 0 radical (unpaired) electrons. The van der Waals surface area contributed by atoms with E-state index in [1.54, 1.807) is 12.1 Å². The van der Waals surface area contributed by atoms with E-state index >= 15 is 0 Å². The number of carboxylic acid groups (broad SMARTS) is 1. The average molecular weight is 261 g/mol. The summed E-state index contributed by atoms with van der Waals surface area (Å²) < 4.78 is 19.0. The number of hydrogen-bond donors (Lipinski definition) is 2. The van der Waals surface area contributed by atoms with Crippen molar-refractivity contribution in [3.63, 3.8) is 0 Å². The van der Waals surface area contributed by atoms with Crippen LogP contribution in [0.25, 0.3) is 0 Å². The van der Waals surface area contributed by atoms with E-state index in [9.17, 15) is 9.18 Å². The summed E-state index contributed by atoms with van der Waals surface area (Å²) in [5.41, 5.74) is 6.14. The fourth-order valence-electron chi connectivity index (χ4n) is 1.57.